The van der Waals surface area contributed by atoms with Gasteiger partial charge in [-0.2, -0.15) is 0 Å². The van der Waals surface area contributed by atoms with Gasteiger partial charge in [0.25, 0.3) is 5.91 Å². The van der Waals surface area contributed by atoms with E-state index in [0.29, 0.717) is 16.6 Å². The Morgan fingerprint density at radius 3 is 2.57 bits per heavy atom. The molecule has 0 unspecified atom stereocenters. The highest BCUT2D eigenvalue weighted by molar-refractivity contribution is 6.31. The number of halogens is 1. The highest BCUT2D eigenvalue weighted by atomic mass is 35.5. The molecule has 2 N–H and O–H groups in total. The summed E-state index contributed by atoms with van der Waals surface area (Å²) in [6, 6.07) is 16.2. The first-order valence-electron chi connectivity index (χ1n) is 10.4. The van der Waals surface area contributed by atoms with Crippen molar-refractivity contribution in [3.05, 3.63) is 65.3 Å². The Kier molecular flexibility index (Phi) is 6.09. The number of hydrogen-bond donors (Lipinski definition) is 2. The Hall–Kier alpha value is -2.79. The Labute approximate surface area is 182 Å². The number of carbonyl (C=O) groups is 1. The number of carbonyl (C=O) groups excluding carboxylic acids is 1. The molecule has 1 aliphatic carbocycles. The second-order valence-corrected chi connectivity index (χ2v) is 8.57. The predicted molar refractivity (Wildman–Crippen MR) is 125 cm³/mol. The van der Waals surface area contributed by atoms with Gasteiger partial charge in [-0.15, -0.1) is 0 Å². The second kappa shape index (κ2) is 8.92. The van der Waals surface area contributed by atoms with Crippen LogP contribution in [0, 0.1) is 0 Å². The van der Waals surface area contributed by atoms with Gasteiger partial charge in [-0.25, -0.2) is 0 Å². The van der Waals surface area contributed by atoms with Gasteiger partial charge in [0.15, 0.2) is 0 Å². The normalized spacial score (nSPS) is 18.8. The third kappa shape index (κ3) is 4.68. The number of anilines is 2. The van der Waals surface area contributed by atoms with Crippen LogP contribution in [0.2, 0.25) is 5.02 Å². The van der Waals surface area contributed by atoms with Gasteiger partial charge in [0.05, 0.1) is 5.52 Å². The summed E-state index contributed by atoms with van der Waals surface area (Å²) >= 11 is 6.09. The SMILES string of the molecule is CN(C)c1cccc(C(=O)NC2CCC(Nc3ccnc4cc(Cl)ccc34)CC2)c1. The molecule has 1 aliphatic rings. The van der Waals surface area contributed by atoms with Gasteiger partial charge in [0, 0.05) is 59.7 Å². The molecular weight excluding hydrogens is 396 g/mol. The van der Waals surface area contributed by atoms with E-state index in [2.05, 4.69) is 15.6 Å². The van der Waals surface area contributed by atoms with Gasteiger partial charge in [-0.1, -0.05) is 17.7 Å². The summed E-state index contributed by atoms with van der Waals surface area (Å²) in [5.41, 5.74) is 3.72. The number of fused-ring (bicyclic) bond motifs is 1. The van der Waals surface area contributed by atoms with Crippen LogP contribution in [0.1, 0.15) is 36.0 Å². The van der Waals surface area contributed by atoms with Gasteiger partial charge in [-0.05, 0) is 68.1 Å². The van der Waals surface area contributed by atoms with Crippen molar-refractivity contribution in [1.82, 2.24) is 10.3 Å². The fourth-order valence-corrected chi connectivity index (χ4v) is 4.21. The lowest BCUT2D eigenvalue weighted by Gasteiger charge is -2.30. The zero-order valence-electron chi connectivity index (χ0n) is 17.4. The summed E-state index contributed by atoms with van der Waals surface area (Å²) in [4.78, 5) is 19.1. The molecule has 1 fully saturated rings. The van der Waals surface area contributed by atoms with Crippen LogP contribution in [0.25, 0.3) is 10.9 Å². The van der Waals surface area contributed by atoms with Crippen molar-refractivity contribution >= 4 is 39.8 Å². The molecule has 0 radical (unpaired) electrons. The summed E-state index contributed by atoms with van der Waals surface area (Å²) in [6.07, 6.45) is 5.77. The predicted octanol–water partition coefficient (Wildman–Crippen LogP) is 5.11. The number of hydrogen-bond acceptors (Lipinski definition) is 4. The van der Waals surface area contributed by atoms with Gasteiger partial charge >= 0.3 is 0 Å². The molecule has 0 saturated heterocycles. The smallest absolute Gasteiger partial charge is 0.251 e. The number of amides is 1. The highest BCUT2D eigenvalue weighted by Gasteiger charge is 2.23. The fourth-order valence-electron chi connectivity index (χ4n) is 4.04. The fraction of sp³-hybridized carbons (Fsp3) is 0.333. The monoisotopic (exact) mass is 422 g/mol. The third-order valence-corrected chi connectivity index (χ3v) is 5.99. The maximum Gasteiger partial charge on any atom is 0.251 e. The minimum atomic E-state index is 0.00659. The molecule has 0 spiro atoms. The number of nitrogens with zero attached hydrogens (tertiary/aromatic N) is 2. The summed E-state index contributed by atoms with van der Waals surface area (Å²) in [5, 5.41) is 8.65. The van der Waals surface area contributed by atoms with Crippen LogP contribution in [-0.2, 0) is 0 Å². The van der Waals surface area contributed by atoms with Crippen LogP contribution in [0.3, 0.4) is 0 Å². The van der Waals surface area contributed by atoms with E-state index in [9.17, 15) is 4.79 Å². The van der Waals surface area contributed by atoms with Crippen LogP contribution >= 0.6 is 11.6 Å². The quantitative estimate of drug-likeness (QED) is 0.600. The van der Waals surface area contributed by atoms with Gasteiger partial charge in [0.2, 0.25) is 0 Å². The molecule has 156 valence electrons. The Balaban J connectivity index is 1.34. The van der Waals surface area contributed by atoms with Crippen LogP contribution in [0.4, 0.5) is 11.4 Å². The molecule has 1 amide bonds. The molecule has 30 heavy (non-hydrogen) atoms. The average molecular weight is 423 g/mol. The van der Waals surface area contributed by atoms with Crippen molar-refractivity contribution in [3.63, 3.8) is 0 Å². The van der Waals surface area contributed by atoms with E-state index >= 15 is 0 Å². The molecule has 1 heterocycles. The van der Waals surface area contributed by atoms with E-state index in [1.165, 1.54) is 0 Å². The third-order valence-electron chi connectivity index (χ3n) is 5.75. The van der Waals surface area contributed by atoms with Gasteiger partial charge in [-0.3, -0.25) is 9.78 Å². The lowest BCUT2D eigenvalue weighted by atomic mass is 9.90. The molecule has 4 rings (SSSR count). The van der Waals surface area contributed by atoms with E-state index in [1.54, 1.807) is 0 Å². The molecule has 3 aromatic rings. The van der Waals surface area contributed by atoms with E-state index in [1.807, 2.05) is 73.7 Å². The number of rotatable bonds is 5. The molecule has 1 saturated carbocycles. The van der Waals surface area contributed by atoms with Crippen LogP contribution < -0.4 is 15.5 Å². The standard InChI is InChI=1S/C24H27ClN4O/c1-29(2)20-5-3-4-16(14-20)24(30)28-19-9-7-18(8-10-19)27-22-12-13-26-23-15-17(25)6-11-21(22)23/h3-6,11-15,18-19H,7-10H2,1-2H3,(H,26,27)(H,28,30). The average Bonchev–Trinajstić information content (AvgIpc) is 2.75. The second-order valence-electron chi connectivity index (χ2n) is 8.13. The van der Waals surface area contributed by atoms with Crippen molar-refractivity contribution in [2.24, 2.45) is 0 Å². The minimum Gasteiger partial charge on any atom is -0.382 e. The first-order chi connectivity index (χ1) is 14.5. The summed E-state index contributed by atoms with van der Waals surface area (Å²) in [5.74, 6) is 0.00659. The maximum absolute atomic E-state index is 12.7. The largest absolute Gasteiger partial charge is 0.382 e. The number of nitrogens with one attached hydrogen (secondary N) is 2. The summed E-state index contributed by atoms with van der Waals surface area (Å²) in [7, 11) is 3.96. The molecule has 0 bridgehead atoms. The van der Waals surface area contributed by atoms with Crippen LogP contribution in [0.15, 0.2) is 54.7 Å². The topological polar surface area (TPSA) is 57.3 Å². The summed E-state index contributed by atoms with van der Waals surface area (Å²) in [6.45, 7) is 0. The van der Waals surface area contributed by atoms with E-state index in [-0.39, 0.29) is 11.9 Å². The minimum absolute atomic E-state index is 0.00659. The van der Waals surface area contributed by atoms with E-state index in [4.69, 9.17) is 11.6 Å². The number of benzene rings is 2. The first kappa shape index (κ1) is 20.5. The van der Waals surface area contributed by atoms with Gasteiger partial charge in [0.1, 0.15) is 0 Å². The molecule has 6 heteroatoms. The maximum atomic E-state index is 12.7. The van der Waals surface area contributed by atoms with Crippen molar-refractivity contribution in [1.29, 1.82) is 0 Å². The molecule has 1 aromatic heterocycles. The highest BCUT2D eigenvalue weighted by Crippen LogP contribution is 2.28. The molecule has 2 aromatic carbocycles. The van der Waals surface area contributed by atoms with Crippen LogP contribution in [0.5, 0.6) is 0 Å². The number of aromatic nitrogens is 1. The van der Waals surface area contributed by atoms with Crippen LogP contribution in [-0.4, -0.2) is 37.1 Å². The number of pyridine rings is 1. The van der Waals surface area contributed by atoms with Gasteiger partial charge < -0.3 is 15.5 Å². The molecule has 0 atom stereocenters. The van der Waals surface area contributed by atoms with E-state index in [0.717, 1.165) is 48.0 Å². The Morgan fingerprint density at radius 2 is 1.80 bits per heavy atom. The van der Waals surface area contributed by atoms with Crippen molar-refractivity contribution < 1.29 is 4.79 Å². The molecular formula is C24H27ClN4O. The Bertz CT molecular complexity index is 1040. The summed E-state index contributed by atoms with van der Waals surface area (Å²) < 4.78 is 0. The van der Waals surface area contributed by atoms with Crippen molar-refractivity contribution in [3.8, 4) is 0 Å². The Morgan fingerprint density at radius 1 is 1.03 bits per heavy atom. The first-order valence-corrected chi connectivity index (χ1v) is 10.8. The molecule has 5 nitrogen and oxygen atoms in total. The van der Waals surface area contributed by atoms with Crippen molar-refractivity contribution in [2.75, 3.05) is 24.3 Å². The zero-order chi connectivity index (χ0) is 21.1. The van der Waals surface area contributed by atoms with E-state index < -0.39 is 0 Å². The van der Waals surface area contributed by atoms with Crippen molar-refractivity contribution in [2.45, 2.75) is 37.8 Å². The zero-order valence-corrected chi connectivity index (χ0v) is 18.1. The molecule has 0 aliphatic heterocycles. The lowest BCUT2D eigenvalue weighted by Crippen LogP contribution is -2.40. The lowest BCUT2D eigenvalue weighted by molar-refractivity contribution is 0.0926.